The van der Waals surface area contributed by atoms with Gasteiger partial charge in [-0.05, 0) is 31.7 Å². The van der Waals surface area contributed by atoms with Crippen molar-refractivity contribution in [1.29, 1.82) is 0 Å². The van der Waals surface area contributed by atoms with E-state index in [9.17, 15) is 18.0 Å². The van der Waals surface area contributed by atoms with Crippen LogP contribution in [0.5, 0.6) is 0 Å². The lowest BCUT2D eigenvalue weighted by atomic mass is 9.87. The van der Waals surface area contributed by atoms with Crippen molar-refractivity contribution in [1.82, 2.24) is 29.8 Å². The fourth-order valence-corrected chi connectivity index (χ4v) is 7.73. The van der Waals surface area contributed by atoms with E-state index in [4.69, 9.17) is 15.5 Å². The first kappa shape index (κ1) is 26.4. The van der Waals surface area contributed by atoms with E-state index in [1.54, 1.807) is 12.4 Å². The third-order valence-electron chi connectivity index (χ3n) is 8.52. The van der Waals surface area contributed by atoms with Gasteiger partial charge in [-0.3, -0.25) is 9.78 Å². The number of alkyl carbamates (subject to hydrolysis) is 1. The molecule has 216 valence electrons. The van der Waals surface area contributed by atoms with E-state index >= 15 is 0 Å². The van der Waals surface area contributed by atoms with Crippen molar-refractivity contribution >= 4 is 33.3 Å². The van der Waals surface area contributed by atoms with E-state index in [0.29, 0.717) is 29.7 Å². The number of aromatic nitrogens is 4. The molecule has 3 N–H and O–H groups in total. The normalized spacial score (nSPS) is 23.6. The lowest BCUT2D eigenvalue weighted by Gasteiger charge is -2.40. The molecule has 12 nitrogen and oxygen atoms in total. The van der Waals surface area contributed by atoms with E-state index < -0.39 is 22.0 Å². The number of benzene rings is 1. The summed E-state index contributed by atoms with van der Waals surface area (Å²) in [7, 11) is -3.77. The van der Waals surface area contributed by atoms with Crippen LogP contribution in [0.15, 0.2) is 59.8 Å². The summed E-state index contributed by atoms with van der Waals surface area (Å²) < 4.78 is 32.5. The lowest BCUT2D eigenvalue weighted by Crippen LogP contribution is -2.53. The number of sulfone groups is 1. The van der Waals surface area contributed by atoms with Gasteiger partial charge in [0, 0.05) is 47.1 Å². The number of nitrogen functional groups attached to an aromatic ring is 1. The molecule has 0 unspecified atom stereocenters. The van der Waals surface area contributed by atoms with Gasteiger partial charge in [-0.25, -0.2) is 18.2 Å². The predicted octanol–water partition coefficient (Wildman–Crippen LogP) is 2.79. The number of rotatable bonds is 5. The summed E-state index contributed by atoms with van der Waals surface area (Å²) >= 11 is 0. The van der Waals surface area contributed by atoms with E-state index in [1.807, 2.05) is 47.4 Å². The number of piperidine rings is 1. The quantitative estimate of drug-likeness (QED) is 0.358. The van der Waals surface area contributed by atoms with Gasteiger partial charge in [0.2, 0.25) is 5.91 Å². The average Bonchev–Trinajstić information content (AvgIpc) is 3.68. The van der Waals surface area contributed by atoms with Crippen molar-refractivity contribution in [3.8, 4) is 22.4 Å². The van der Waals surface area contributed by atoms with Crippen LogP contribution in [0.3, 0.4) is 0 Å². The molecule has 3 aliphatic heterocycles. The second-order valence-electron chi connectivity index (χ2n) is 11.2. The summed E-state index contributed by atoms with van der Waals surface area (Å²) in [5.74, 6) is -0.392. The highest BCUT2D eigenvalue weighted by Gasteiger charge is 2.48. The highest BCUT2D eigenvalue weighted by atomic mass is 32.2. The molecule has 1 aromatic carbocycles. The third kappa shape index (κ3) is 4.35. The Bertz CT molecular complexity index is 1810. The second-order valence-corrected chi connectivity index (χ2v) is 13.1. The first-order chi connectivity index (χ1) is 20.2. The maximum Gasteiger partial charge on any atom is 0.407 e. The molecular formula is C29H29N7O5S. The monoisotopic (exact) mass is 587 g/mol. The highest BCUT2D eigenvalue weighted by molar-refractivity contribution is 7.91. The van der Waals surface area contributed by atoms with Crippen LogP contribution in [0.1, 0.15) is 37.3 Å². The van der Waals surface area contributed by atoms with E-state index in [1.165, 1.54) is 4.52 Å². The summed E-state index contributed by atoms with van der Waals surface area (Å²) in [4.78, 5) is 36.2. The molecular weight excluding hydrogens is 558 g/mol. The number of hydrogen-bond acceptors (Lipinski definition) is 9. The number of pyridine rings is 1. The highest BCUT2D eigenvalue weighted by Crippen LogP contribution is 2.45. The van der Waals surface area contributed by atoms with Gasteiger partial charge in [0.25, 0.3) is 0 Å². The van der Waals surface area contributed by atoms with Crippen molar-refractivity contribution in [3.63, 3.8) is 0 Å². The van der Waals surface area contributed by atoms with E-state index in [2.05, 4.69) is 15.4 Å². The molecule has 2 bridgehead atoms. The molecule has 3 aliphatic rings. The van der Waals surface area contributed by atoms with Gasteiger partial charge >= 0.3 is 6.09 Å². The van der Waals surface area contributed by atoms with Gasteiger partial charge in [-0.2, -0.15) is 9.61 Å². The van der Waals surface area contributed by atoms with Gasteiger partial charge in [-0.1, -0.05) is 36.4 Å². The first-order valence-electron chi connectivity index (χ1n) is 13.8. The Kier molecular flexibility index (Phi) is 6.15. The Morgan fingerprint density at radius 3 is 2.40 bits per heavy atom. The number of amides is 2. The Balaban J connectivity index is 1.26. The topological polar surface area (TPSA) is 162 Å². The molecule has 0 radical (unpaired) electrons. The molecule has 0 saturated carbocycles. The number of carbonyl (C=O) groups is 2. The average molecular weight is 588 g/mol. The number of hydrogen-bond donors (Lipinski definition) is 2. The smallest absolute Gasteiger partial charge is 0.407 e. The molecule has 0 spiro atoms. The van der Waals surface area contributed by atoms with Crippen LogP contribution in [-0.4, -0.2) is 75.9 Å². The fourth-order valence-electron chi connectivity index (χ4n) is 6.67. The first-order valence-corrected chi connectivity index (χ1v) is 15.7. The van der Waals surface area contributed by atoms with Gasteiger partial charge in [0.15, 0.2) is 15.5 Å². The number of fused-ring (bicyclic) bond motifs is 3. The SMILES string of the molecule is CS(=O)(=O)c1c([C@H]2C[C@H]3CC[C@@H](C2)N3C(=O)[C@H]2COC(=O)N2)nc2c(-c3ccc(-c4ccccc4)nc3)cnn2c1N. The Morgan fingerprint density at radius 1 is 1.05 bits per heavy atom. The number of ether oxygens (including phenoxy) is 1. The summed E-state index contributed by atoms with van der Waals surface area (Å²) in [5, 5.41) is 6.98. The van der Waals surface area contributed by atoms with Crippen LogP contribution < -0.4 is 11.1 Å². The van der Waals surface area contributed by atoms with Crippen molar-refractivity contribution < 1.29 is 22.7 Å². The zero-order valence-corrected chi connectivity index (χ0v) is 23.6. The zero-order chi connectivity index (χ0) is 29.2. The standard InChI is InChI=1S/C29H29N7O5S/c1-42(39,40)25-24(18-11-19-8-9-20(12-18)35(19)28(37)23-15-41-29(38)33-23)34-27-21(14-32-36(27)26(25)30)17-7-10-22(31-13-17)16-5-3-2-4-6-16/h2-7,10,13-14,18-20,23H,8-9,11-12,15,30H2,1H3,(H,33,38)/t18-,19+,20-,23-/m1/s1. The summed E-state index contributed by atoms with van der Waals surface area (Å²) in [5.41, 5.74) is 10.6. The molecule has 3 saturated heterocycles. The maximum atomic E-state index is 13.3. The minimum atomic E-state index is -3.77. The minimum Gasteiger partial charge on any atom is -0.447 e. The van der Waals surface area contributed by atoms with Crippen molar-refractivity contribution in [3.05, 3.63) is 60.6 Å². The minimum absolute atomic E-state index is 0.00860. The zero-order valence-electron chi connectivity index (χ0n) is 22.8. The second kappa shape index (κ2) is 9.79. The number of anilines is 1. The Labute approximate surface area is 241 Å². The summed E-state index contributed by atoms with van der Waals surface area (Å²) in [6.07, 6.45) is 6.55. The fraction of sp³-hybridized carbons (Fsp3) is 0.345. The van der Waals surface area contributed by atoms with E-state index in [-0.39, 0.29) is 41.2 Å². The molecule has 0 aliphatic carbocycles. The van der Waals surface area contributed by atoms with Crippen molar-refractivity contribution in [2.45, 2.75) is 54.6 Å². The number of nitrogens with one attached hydrogen (secondary N) is 1. The number of nitrogens with zero attached hydrogens (tertiary/aromatic N) is 5. The molecule has 3 fully saturated rings. The van der Waals surface area contributed by atoms with Crippen LogP contribution in [0.2, 0.25) is 0 Å². The number of cyclic esters (lactones) is 1. The predicted molar refractivity (Wildman–Crippen MR) is 153 cm³/mol. The molecule has 7 rings (SSSR count). The van der Waals surface area contributed by atoms with Gasteiger partial charge in [-0.15, -0.1) is 0 Å². The van der Waals surface area contributed by atoms with Gasteiger partial charge in [0.1, 0.15) is 23.4 Å². The van der Waals surface area contributed by atoms with Gasteiger partial charge in [0.05, 0.1) is 17.6 Å². The third-order valence-corrected chi connectivity index (χ3v) is 9.68. The van der Waals surface area contributed by atoms with Crippen LogP contribution in [0, 0.1) is 0 Å². The van der Waals surface area contributed by atoms with Crippen molar-refractivity contribution in [2.24, 2.45) is 0 Å². The van der Waals surface area contributed by atoms with E-state index in [0.717, 1.165) is 35.9 Å². The number of nitrogens with two attached hydrogens (primary N) is 1. The largest absolute Gasteiger partial charge is 0.447 e. The summed E-state index contributed by atoms with van der Waals surface area (Å²) in [6.45, 7) is 0.00912. The Morgan fingerprint density at radius 2 is 1.79 bits per heavy atom. The lowest BCUT2D eigenvalue weighted by molar-refractivity contribution is -0.137. The Hall–Kier alpha value is -4.52. The van der Waals surface area contributed by atoms with Crippen LogP contribution in [0.25, 0.3) is 28.0 Å². The molecule has 13 heteroatoms. The van der Waals surface area contributed by atoms with Crippen LogP contribution in [-0.2, 0) is 19.4 Å². The number of carbonyl (C=O) groups excluding carboxylic acids is 2. The molecule has 3 aromatic heterocycles. The van der Waals surface area contributed by atoms with Crippen LogP contribution in [0.4, 0.5) is 10.6 Å². The molecule has 2 amide bonds. The molecule has 4 atom stereocenters. The van der Waals surface area contributed by atoms with Crippen LogP contribution >= 0.6 is 0 Å². The molecule has 6 heterocycles. The summed E-state index contributed by atoms with van der Waals surface area (Å²) in [6, 6.07) is 12.8. The molecule has 4 aromatic rings. The maximum absolute atomic E-state index is 13.3. The van der Waals surface area contributed by atoms with Crippen molar-refractivity contribution in [2.75, 3.05) is 18.6 Å². The molecule has 42 heavy (non-hydrogen) atoms. The van der Waals surface area contributed by atoms with Gasteiger partial charge < -0.3 is 20.7 Å².